The molecule has 0 saturated carbocycles. The number of rotatable bonds is 38. The lowest BCUT2D eigenvalue weighted by molar-refractivity contribution is 0.0962. The van der Waals surface area contributed by atoms with Crippen LogP contribution in [0.1, 0.15) is 145 Å². The minimum Gasteiger partial charge on any atom is -0.493 e. The normalized spacial score (nSPS) is 10.8. The Morgan fingerprint density at radius 1 is 0.365 bits per heavy atom. The molecule has 0 atom stereocenters. The van der Waals surface area contributed by atoms with Gasteiger partial charge in [-0.3, -0.25) is 32.9 Å². The van der Waals surface area contributed by atoms with E-state index in [1.807, 2.05) is 124 Å². The second-order valence-electron chi connectivity index (χ2n) is 22.9. The van der Waals surface area contributed by atoms with Crippen molar-refractivity contribution in [1.82, 2.24) is 106 Å². The number of aryl methyl sites for hydroxylation is 8. The fourth-order valence-electron chi connectivity index (χ4n) is 9.66. The standard InChI is InChI=1S/C26H39N7O3.C21H29N7O2.C20H27N7O3/c1-5-6-13-23-24(35-14-9-7-11-21-18-32(3)30-28-21)16-20(26(34)27-2)17-25(23)36-15-10-8-12-22-19-33(4)31-29-22;1-6-7-8-19-20(29-13-17-11-27(4)25-23-17)9-16(15(2)22-3)10-21(19)30-14-18-12-28(5)26-24-18;1-6-7-28-20-18(29-12-16-10-26(4)24-22-16)8-15(14(2)21-3)9-19(20)30-13-17-11-27(5)25-23-17/h16-19H,5-15H2,1-4H3,(H,27,34);9-12,22H,2,6-8,13-14H2,1,3-5H3;8-11,21H,2,6-7,12-13H2,1,3-5H3. The Kier molecular flexibility index (Phi) is 29.0. The third-order valence-corrected chi connectivity index (χ3v) is 14.7. The maximum absolute atomic E-state index is 12.5. The highest BCUT2D eigenvalue weighted by Gasteiger charge is 2.21. The monoisotopic (exact) mass is 1320 g/mol. The average Bonchev–Trinajstić information content (AvgIpc) is 0.980. The lowest BCUT2D eigenvalue weighted by Gasteiger charge is -2.18. The molecule has 0 radical (unpaired) electrons. The van der Waals surface area contributed by atoms with Gasteiger partial charge in [0, 0.05) is 115 Å². The van der Waals surface area contributed by atoms with Crippen LogP contribution < -0.4 is 49.1 Å². The zero-order valence-electron chi connectivity index (χ0n) is 57.8. The Balaban J connectivity index is 0.000000204. The highest BCUT2D eigenvalue weighted by Crippen LogP contribution is 2.41. The van der Waals surface area contributed by atoms with Gasteiger partial charge >= 0.3 is 0 Å². The lowest BCUT2D eigenvalue weighted by Crippen LogP contribution is -2.18. The van der Waals surface area contributed by atoms with Gasteiger partial charge in [-0.1, -0.05) is 78.1 Å². The van der Waals surface area contributed by atoms with E-state index < -0.39 is 0 Å². The molecule has 9 aromatic rings. The van der Waals surface area contributed by atoms with Crippen LogP contribution >= 0.6 is 0 Å². The molecule has 0 bridgehead atoms. The van der Waals surface area contributed by atoms with Gasteiger partial charge in [0.05, 0.1) is 56.0 Å². The molecule has 3 N–H and O–H groups in total. The van der Waals surface area contributed by atoms with Crippen molar-refractivity contribution in [2.75, 3.05) is 41.0 Å². The van der Waals surface area contributed by atoms with E-state index in [4.69, 9.17) is 33.2 Å². The third-order valence-electron chi connectivity index (χ3n) is 14.7. The Bertz CT molecular complexity index is 3500. The molecule has 0 fully saturated rings. The fraction of sp³-hybridized carbons (Fsp3) is 0.478. The van der Waals surface area contributed by atoms with Crippen LogP contribution in [0.25, 0.3) is 11.4 Å². The lowest BCUT2D eigenvalue weighted by atomic mass is 10.0. The molecule has 0 aliphatic carbocycles. The first-order valence-corrected chi connectivity index (χ1v) is 32.5. The molecule has 6 heterocycles. The molecule has 1 amide bonds. The number of carbonyl (C=O) groups is 1. The number of amides is 1. The van der Waals surface area contributed by atoms with Gasteiger partial charge in [0.25, 0.3) is 5.91 Å². The SMILES string of the molecule is C=C(NC)c1cc(OCc2cn(C)nn2)c(CCCC)c(OCc2cn(C)nn2)c1.C=C(NC)c1cc(OCc2cn(C)nn2)c(OCCC)c(OCc2cn(C)nn2)c1.CCCCc1c(OCCCCc2cn(C)nn2)cc(C(=O)NC)cc1OCCCCc1cn(C)nn1. The topological polar surface area (TPSA) is 302 Å². The maximum atomic E-state index is 12.5. The molecule has 3 aromatic carbocycles. The van der Waals surface area contributed by atoms with Crippen LogP contribution in [-0.4, -0.2) is 137 Å². The predicted octanol–water partition coefficient (Wildman–Crippen LogP) is 8.16. The van der Waals surface area contributed by atoms with Crippen LogP contribution in [0.15, 0.2) is 86.7 Å². The van der Waals surface area contributed by atoms with Crippen LogP contribution in [0.2, 0.25) is 0 Å². The molecule has 0 unspecified atom stereocenters. The van der Waals surface area contributed by atoms with Crippen LogP contribution in [0, 0.1) is 0 Å². The minimum absolute atomic E-state index is 0.156. The fourth-order valence-corrected chi connectivity index (χ4v) is 9.66. The van der Waals surface area contributed by atoms with E-state index >= 15 is 0 Å². The summed E-state index contributed by atoms with van der Waals surface area (Å²) in [6.07, 6.45) is 23.2. The van der Waals surface area contributed by atoms with E-state index in [2.05, 4.69) is 105 Å². The van der Waals surface area contributed by atoms with Gasteiger partial charge in [-0.05, 0) is 107 Å². The molecule has 0 aliphatic rings. The van der Waals surface area contributed by atoms with E-state index in [0.29, 0.717) is 67.2 Å². The van der Waals surface area contributed by atoms with Crippen molar-refractivity contribution in [3.63, 3.8) is 0 Å². The smallest absolute Gasteiger partial charge is 0.251 e. The number of carbonyl (C=O) groups excluding carboxylic acids is 1. The summed E-state index contributed by atoms with van der Waals surface area (Å²) in [5, 5.41) is 57.2. The van der Waals surface area contributed by atoms with E-state index in [1.165, 1.54) is 0 Å². The molecule has 6 aromatic heterocycles. The molecule has 29 nitrogen and oxygen atoms in total. The van der Waals surface area contributed by atoms with Crippen molar-refractivity contribution >= 4 is 17.3 Å². The van der Waals surface area contributed by atoms with Crippen molar-refractivity contribution in [2.45, 2.75) is 131 Å². The van der Waals surface area contributed by atoms with E-state index in [9.17, 15) is 4.79 Å². The summed E-state index contributed by atoms with van der Waals surface area (Å²) in [6.45, 7) is 17.3. The van der Waals surface area contributed by atoms with E-state index in [-0.39, 0.29) is 19.1 Å². The largest absolute Gasteiger partial charge is 0.493 e. The number of nitrogens with zero attached hydrogens (tertiary/aromatic N) is 18. The summed E-state index contributed by atoms with van der Waals surface area (Å²) in [5.74, 6) is 4.44. The van der Waals surface area contributed by atoms with Crippen molar-refractivity contribution in [3.05, 3.63) is 149 Å². The first-order chi connectivity index (χ1) is 46.5. The van der Waals surface area contributed by atoms with Crippen molar-refractivity contribution in [2.24, 2.45) is 42.3 Å². The molecule has 0 saturated heterocycles. The Morgan fingerprint density at radius 2 is 0.677 bits per heavy atom. The predicted molar refractivity (Wildman–Crippen MR) is 362 cm³/mol. The summed E-state index contributed by atoms with van der Waals surface area (Å²) >= 11 is 0. The summed E-state index contributed by atoms with van der Waals surface area (Å²) in [6, 6.07) is 11.4. The van der Waals surface area contributed by atoms with Gasteiger partial charge in [0.1, 0.15) is 72.2 Å². The maximum Gasteiger partial charge on any atom is 0.251 e. The van der Waals surface area contributed by atoms with Crippen molar-refractivity contribution < 1.29 is 38.0 Å². The first kappa shape index (κ1) is 73.1. The summed E-state index contributed by atoms with van der Waals surface area (Å²) < 4.78 is 52.9. The molecule has 9 rings (SSSR count). The summed E-state index contributed by atoms with van der Waals surface area (Å²) in [4.78, 5) is 12.5. The Morgan fingerprint density at radius 3 is 0.979 bits per heavy atom. The van der Waals surface area contributed by atoms with Crippen molar-refractivity contribution in [1.29, 1.82) is 0 Å². The second kappa shape index (κ2) is 38.1. The quantitative estimate of drug-likeness (QED) is 0.0307. The number of aromatic nitrogens is 18. The number of hydrogen-bond acceptors (Lipinski definition) is 22. The average molecular weight is 1320 g/mol. The van der Waals surface area contributed by atoms with E-state index in [0.717, 1.165) is 163 Å². The molecule has 29 heteroatoms. The van der Waals surface area contributed by atoms with Crippen LogP contribution in [0.5, 0.6) is 40.2 Å². The summed E-state index contributed by atoms with van der Waals surface area (Å²) in [7, 11) is 16.3. The third kappa shape index (κ3) is 23.0. The minimum atomic E-state index is -0.156. The van der Waals surface area contributed by atoms with Gasteiger partial charge in [0.2, 0.25) is 5.75 Å². The van der Waals surface area contributed by atoms with Crippen LogP contribution in [-0.2, 0) is 94.4 Å². The van der Waals surface area contributed by atoms with Gasteiger partial charge in [0.15, 0.2) is 11.5 Å². The number of hydrogen-bond donors (Lipinski definition) is 3. The molecule has 516 valence electrons. The van der Waals surface area contributed by atoms with Gasteiger partial charge < -0.3 is 49.1 Å². The van der Waals surface area contributed by atoms with Crippen molar-refractivity contribution in [3.8, 4) is 40.2 Å². The van der Waals surface area contributed by atoms with Gasteiger partial charge in [-0.15, -0.1) is 30.6 Å². The zero-order valence-corrected chi connectivity index (χ0v) is 57.8. The van der Waals surface area contributed by atoms with Gasteiger partial charge in [-0.25, -0.2) is 0 Å². The van der Waals surface area contributed by atoms with Gasteiger partial charge in [-0.2, -0.15) is 0 Å². The van der Waals surface area contributed by atoms with Crippen LogP contribution in [0.3, 0.4) is 0 Å². The second-order valence-corrected chi connectivity index (χ2v) is 22.9. The van der Waals surface area contributed by atoms with E-state index in [1.54, 1.807) is 47.5 Å². The zero-order chi connectivity index (χ0) is 68.8. The Hall–Kier alpha value is -10.4. The number of nitrogens with one attached hydrogen (secondary N) is 3. The summed E-state index contributed by atoms with van der Waals surface area (Å²) in [5.41, 5.74) is 10.7. The molecule has 0 spiro atoms. The number of unbranched alkanes of at least 4 members (excludes halogenated alkanes) is 4. The highest BCUT2D eigenvalue weighted by molar-refractivity contribution is 5.95. The van der Waals surface area contributed by atoms with Crippen LogP contribution in [0.4, 0.5) is 0 Å². The Labute approximate surface area is 561 Å². The number of benzene rings is 3. The molecular weight excluding hydrogens is 1230 g/mol. The molecule has 96 heavy (non-hydrogen) atoms. The molecule has 0 aliphatic heterocycles. The molecular formula is C67H95N21O8. The first-order valence-electron chi connectivity index (χ1n) is 32.5. The highest BCUT2D eigenvalue weighted by atomic mass is 16.5. The number of ether oxygens (including phenoxy) is 7.